The topological polar surface area (TPSA) is 0 Å². The lowest BCUT2D eigenvalue weighted by atomic mass is 9.72. The van der Waals surface area contributed by atoms with Crippen molar-refractivity contribution in [2.75, 3.05) is 5.75 Å². The molecular formula is C8H14S. The smallest absolute Gasteiger partial charge is 0.0104 e. The van der Waals surface area contributed by atoms with Crippen LogP contribution in [-0.4, -0.2) is 11.0 Å². The minimum atomic E-state index is 1.09. The van der Waals surface area contributed by atoms with Crippen LogP contribution in [0.5, 0.6) is 0 Å². The van der Waals surface area contributed by atoms with Crippen molar-refractivity contribution in [2.24, 2.45) is 11.8 Å². The second-order valence-corrected chi connectivity index (χ2v) is 4.57. The lowest BCUT2D eigenvalue weighted by molar-refractivity contribution is 0.211. The summed E-state index contributed by atoms with van der Waals surface area (Å²) in [7, 11) is 0. The van der Waals surface area contributed by atoms with Gasteiger partial charge in [0.1, 0.15) is 0 Å². The van der Waals surface area contributed by atoms with Crippen LogP contribution >= 0.6 is 11.8 Å². The molecule has 0 bridgehead atoms. The maximum Gasteiger partial charge on any atom is 0.0104 e. The van der Waals surface area contributed by atoms with Crippen molar-refractivity contribution in [2.45, 2.75) is 31.4 Å². The summed E-state index contributed by atoms with van der Waals surface area (Å²) < 4.78 is 0. The summed E-state index contributed by atoms with van der Waals surface area (Å²) >= 11 is 2.22. The van der Waals surface area contributed by atoms with Crippen LogP contribution in [0.1, 0.15) is 26.2 Å². The second kappa shape index (κ2) is 2.19. The quantitative estimate of drug-likeness (QED) is 0.542. The van der Waals surface area contributed by atoms with E-state index in [4.69, 9.17) is 0 Å². The minimum absolute atomic E-state index is 1.09. The molecule has 0 aromatic carbocycles. The number of fused-ring (bicyclic) bond motifs is 1. The summed E-state index contributed by atoms with van der Waals surface area (Å²) in [5.41, 5.74) is 0. The van der Waals surface area contributed by atoms with Crippen LogP contribution in [0, 0.1) is 11.8 Å². The highest BCUT2D eigenvalue weighted by Crippen LogP contribution is 2.51. The predicted molar refractivity (Wildman–Crippen MR) is 42.8 cm³/mol. The predicted octanol–water partition coefficient (Wildman–Crippen LogP) is 2.54. The Morgan fingerprint density at radius 1 is 1.56 bits per heavy atom. The summed E-state index contributed by atoms with van der Waals surface area (Å²) in [6, 6.07) is 0. The van der Waals surface area contributed by atoms with Crippen LogP contribution in [-0.2, 0) is 0 Å². The first kappa shape index (κ1) is 6.09. The van der Waals surface area contributed by atoms with Gasteiger partial charge in [-0.2, -0.15) is 11.8 Å². The first-order valence-corrected chi connectivity index (χ1v) is 5.08. The second-order valence-electron chi connectivity index (χ2n) is 3.29. The first-order chi connectivity index (χ1) is 4.42. The SMILES string of the molecule is CCC1CC2CCSC12. The molecular weight excluding hydrogens is 128 g/mol. The molecule has 3 atom stereocenters. The van der Waals surface area contributed by atoms with Crippen LogP contribution in [0.25, 0.3) is 0 Å². The van der Waals surface area contributed by atoms with Crippen molar-refractivity contribution in [3.05, 3.63) is 0 Å². The molecule has 0 nitrogen and oxygen atoms in total. The van der Waals surface area contributed by atoms with Gasteiger partial charge in [-0.1, -0.05) is 13.3 Å². The Labute approximate surface area is 61.4 Å². The Balaban J connectivity index is 1.93. The number of thioether (sulfide) groups is 1. The molecule has 0 amide bonds. The van der Waals surface area contributed by atoms with Gasteiger partial charge in [-0.25, -0.2) is 0 Å². The molecule has 1 aliphatic heterocycles. The van der Waals surface area contributed by atoms with E-state index in [1.165, 1.54) is 18.6 Å². The van der Waals surface area contributed by atoms with Gasteiger partial charge in [-0.15, -0.1) is 0 Å². The van der Waals surface area contributed by atoms with E-state index >= 15 is 0 Å². The zero-order valence-corrected chi connectivity index (χ0v) is 6.79. The lowest BCUT2D eigenvalue weighted by Gasteiger charge is -2.39. The number of rotatable bonds is 1. The molecule has 0 radical (unpaired) electrons. The fourth-order valence-corrected chi connectivity index (χ4v) is 3.96. The van der Waals surface area contributed by atoms with Crippen molar-refractivity contribution in [1.29, 1.82) is 0 Å². The summed E-state index contributed by atoms with van der Waals surface area (Å²) in [6.45, 7) is 2.33. The van der Waals surface area contributed by atoms with Gasteiger partial charge in [-0.3, -0.25) is 0 Å². The third-order valence-corrected chi connectivity index (χ3v) is 4.48. The number of hydrogen-bond donors (Lipinski definition) is 0. The van der Waals surface area contributed by atoms with Gasteiger partial charge in [0.2, 0.25) is 0 Å². The van der Waals surface area contributed by atoms with E-state index in [0.717, 1.165) is 17.1 Å². The monoisotopic (exact) mass is 142 g/mol. The van der Waals surface area contributed by atoms with Crippen LogP contribution in [0.4, 0.5) is 0 Å². The standard InChI is InChI=1S/C8H14S/c1-2-6-5-7-3-4-9-8(6)7/h6-8H,2-5H2,1H3. The summed E-state index contributed by atoms with van der Waals surface area (Å²) in [5.74, 6) is 3.69. The Bertz CT molecular complexity index is 111. The average molecular weight is 142 g/mol. The molecule has 0 aromatic rings. The molecule has 3 unspecified atom stereocenters. The van der Waals surface area contributed by atoms with Crippen LogP contribution < -0.4 is 0 Å². The largest absolute Gasteiger partial charge is 0.158 e. The summed E-state index contributed by atoms with van der Waals surface area (Å²) in [5, 5.41) is 1.09. The summed E-state index contributed by atoms with van der Waals surface area (Å²) in [6.07, 6.45) is 4.49. The van der Waals surface area contributed by atoms with E-state index in [2.05, 4.69) is 18.7 Å². The van der Waals surface area contributed by atoms with Crippen molar-refractivity contribution < 1.29 is 0 Å². The zero-order valence-electron chi connectivity index (χ0n) is 5.97. The zero-order chi connectivity index (χ0) is 6.27. The van der Waals surface area contributed by atoms with Crippen molar-refractivity contribution in [1.82, 2.24) is 0 Å². The molecule has 2 aliphatic rings. The highest BCUT2D eigenvalue weighted by atomic mass is 32.2. The molecule has 2 rings (SSSR count). The summed E-state index contributed by atoms with van der Waals surface area (Å²) in [4.78, 5) is 0. The van der Waals surface area contributed by atoms with Crippen LogP contribution in [0.3, 0.4) is 0 Å². The fraction of sp³-hybridized carbons (Fsp3) is 1.00. The van der Waals surface area contributed by atoms with E-state index in [0.29, 0.717) is 0 Å². The first-order valence-electron chi connectivity index (χ1n) is 4.03. The molecule has 1 saturated carbocycles. The highest BCUT2D eigenvalue weighted by molar-refractivity contribution is 8.00. The molecule has 52 valence electrons. The average Bonchev–Trinajstić information content (AvgIpc) is 2.14. The van der Waals surface area contributed by atoms with Crippen molar-refractivity contribution in [3.8, 4) is 0 Å². The van der Waals surface area contributed by atoms with Crippen molar-refractivity contribution >= 4 is 11.8 Å². The van der Waals surface area contributed by atoms with Gasteiger partial charge in [0, 0.05) is 5.25 Å². The Morgan fingerprint density at radius 2 is 2.44 bits per heavy atom. The number of hydrogen-bond acceptors (Lipinski definition) is 1. The lowest BCUT2D eigenvalue weighted by Crippen LogP contribution is -2.35. The van der Waals surface area contributed by atoms with Gasteiger partial charge in [0.25, 0.3) is 0 Å². The van der Waals surface area contributed by atoms with E-state index < -0.39 is 0 Å². The highest BCUT2D eigenvalue weighted by Gasteiger charge is 2.42. The van der Waals surface area contributed by atoms with Gasteiger partial charge >= 0.3 is 0 Å². The van der Waals surface area contributed by atoms with Gasteiger partial charge in [0.05, 0.1) is 0 Å². The van der Waals surface area contributed by atoms with E-state index in [1.807, 2.05) is 0 Å². The fourth-order valence-electron chi connectivity index (χ4n) is 2.15. The third-order valence-electron chi connectivity index (χ3n) is 2.86. The van der Waals surface area contributed by atoms with Gasteiger partial charge in [0.15, 0.2) is 0 Å². The molecule has 0 aromatic heterocycles. The normalized spacial score (nSPS) is 48.3. The molecule has 1 heteroatoms. The molecule has 0 spiro atoms. The van der Waals surface area contributed by atoms with E-state index in [1.54, 1.807) is 6.42 Å². The molecule has 1 heterocycles. The molecule has 1 saturated heterocycles. The van der Waals surface area contributed by atoms with Crippen molar-refractivity contribution in [3.63, 3.8) is 0 Å². The minimum Gasteiger partial charge on any atom is -0.158 e. The van der Waals surface area contributed by atoms with Gasteiger partial charge in [-0.05, 0) is 30.4 Å². The molecule has 1 aliphatic carbocycles. The Hall–Kier alpha value is 0.350. The van der Waals surface area contributed by atoms with E-state index in [-0.39, 0.29) is 0 Å². The molecule has 9 heavy (non-hydrogen) atoms. The maximum atomic E-state index is 2.33. The van der Waals surface area contributed by atoms with Gasteiger partial charge < -0.3 is 0 Å². The molecule has 0 N–H and O–H groups in total. The van der Waals surface area contributed by atoms with E-state index in [9.17, 15) is 0 Å². The Kier molecular flexibility index (Phi) is 1.48. The van der Waals surface area contributed by atoms with Crippen LogP contribution in [0.15, 0.2) is 0 Å². The maximum absolute atomic E-state index is 2.33. The third kappa shape index (κ3) is 0.813. The van der Waals surface area contributed by atoms with Crippen LogP contribution in [0.2, 0.25) is 0 Å². The Morgan fingerprint density at radius 3 is 3.11 bits per heavy atom. The molecule has 2 fully saturated rings.